The van der Waals surface area contributed by atoms with Gasteiger partial charge in [0.1, 0.15) is 0 Å². The van der Waals surface area contributed by atoms with Crippen LogP contribution < -0.4 is 15.4 Å². The minimum Gasteiger partial charge on any atom is -0.490 e. The Morgan fingerprint density at radius 1 is 1.29 bits per heavy atom. The van der Waals surface area contributed by atoms with Crippen molar-refractivity contribution < 1.29 is 14.5 Å². The van der Waals surface area contributed by atoms with Crippen LogP contribution in [0.2, 0.25) is 5.02 Å². The maximum absolute atomic E-state index is 12.0. The first-order chi connectivity index (χ1) is 11.4. The average Bonchev–Trinajstić information content (AvgIpc) is 2.55. The molecule has 0 aliphatic rings. The van der Waals surface area contributed by atoms with Crippen LogP contribution in [0, 0.1) is 17.0 Å². The maximum Gasteiger partial charge on any atom is 0.311 e. The van der Waals surface area contributed by atoms with Crippen LogP contribution in [0.4, 0.5) is 17.1 Å². The largest absolute Gasteiger partial charge is 0.490 e. The zero-order chi connectivity index (χ0) is 17.7. The Morgan fingerprint density at radius 3 is 2.54 bits per heavy atom. The van der Waals surface area contributed by atoms with Gasteiger partial charge in [-0.15, -0.1) is 0 Å². The van der Waals surface area contributed by atoms with Crippen LogP contribution in [0.25, 0.3) is 0 Å². The molecular weight excluding hydrogens is 334 g/mol. The highest BCUT2D eigenvalue weighted by Gasteiger charge is 2.18. The molecule has 126 valence electrons. The smallest absolute Gasteiger partial charge is 0.311 e. The Balaban J connectivity index is 2.05. The summed E-state index contributed by atoms with van der Waals surface area (Å²) in [7, 11) is 1.34. The van der Waals surface area contributed by atoms with Gasteiger partial charge in [0.05, 0.1) is 18.6 Å². The quantitative estimate of drug-likeness (QED) is 0.613. The monoisotopic (exact) mass is 349 g/mol. The van der Waals surface area contributed by atoms with Gasteiger partial charge < -0.3 is 15.4 Å². The molecule has 2 rings (SSSR count). The number of hydrogen-bond donors (Lipinski definition) is 2. The van der Waals surface area contributed by atoms with Crippen molar-refractivity contribution in [2.24, 2.45) is 0 Å². The second kappa shape index (κ2) is 7.65. The van der Waals surface area contributed by atoms with Gasteiger partial charge in [-0.1, -0.05) is 11.6 Å². The molecule has 0 heterocycles. The minimum absolute atomic E-state index is 0.0420. The molecule has 0 spiro atoms. The molecule has 24 heavy (non-hydrogen) atoms. The number of aryl methyl sites for hydroxylation is 1. The van der Waals surface area contributed by atoms with Gasteiger partial charge in [0, 0.05) is 28.5 Å². The molecule has 0 aliphatic carbocycles. The predicted octanol–water partition coefficient (Wildman–Crippen LogP) is 3.62. The van der Waals surface area contributed by atoms with Crippen molar-refractivity contribution in [2.45, 2.75) is 6.92 Å². The second-order valence-electron chi connectivity index (χ2n) is 5.00. The lowest BCUT2D eigenvalue weighted by atomic mass is 10.1. The van der Waals surface area contributed by atoms with Gasteiger partial charge in [-0.25, -0.2) is 0 Å². The van der Waals surface area contributed by atoms with Crippen LogP contribution in [0.5, 0.6) is 5.75 Å². The van der Waals surface area contributed by atoms with E-state index in [1.54, 1.807) is 31.2 Å². The van der Waals surface area contributed by atoms with Crippen LogP contribution in [0.3, 0.4) is 0 Å². The number of nitro benzene ring substituents is 1. The third kappa shape index (κ3) is 4.36. The molecule has 0 saturated carbocycles. The third-order valence-electron chi connectivity index (χ3n) is 3.29. The molecule has 8 heteroatoms. The Labute approximate surface area is 143 Å². The summed E-state index contributed by atoms with van der Waals surface area (Å²) < 4.78 is 5.00. The number of methoxy groups -OCH3 is 1. The summed E-state index contributed by atoms with van der Waals surface area (Å²) in [6.07, 6.45) is 0. The van der Waals surface area contributed by atoms with Gasteiger partial charge in [-0.3, -0.25) is 14.9 Å². The van der Waals surface area contributed by atoms with Gasteiger partial charge in [0.2, 0.25) is 5.91 Å². The van der Waals surface area contributed by atoms with E-state index in [4.69, 9.17) is 16.3 Å². The van der Waals surface area contributed by atoms with Gasteiger partial charge in [-0.05, 0) is 36.8 Å². The van der Waals surface area contributed by atoms with E-state index in [-0.39, 0.29) is 23.9 Å². The van der Waals surface area contributed by atoms with Crippen molar-refractivity contribution in [1.29, 1.82) is 0 Å². The van der Waals surface area contributed by atoms with Crippen molar-refractivity contribution in [3.05, 3.63) is 57.1 Å². The fourth-order valence-corrected chi connectivity index (χ4v) is 2.18. The lowest BCUT2D eigenvalue weighted by Crippen LogP contribution is -2.22. The SMILES string of the molecule is COc1cc(NC(=O)CNc2ccc(Cl)cc2)c(C)cc1[N+](=O)[O-]. The fourth-order valence-electron chi connectivity index (χ4n) is 2.06. The van der Waals surface area contributed by atoms with Gasteiger partial charge in [0.15, 0.2) is 5.75 Å². The highest BCUT2D eigenvalue weighted by Crippen LogP contribution is 2.32. The molecule has 0 radical (unpaired) electrons. The standard InChI is InChI=1S/C16H16ClN3O4/c1-10-7-14(20(22)23)15(24-2)8-13(10)19-16(21)9-18-12-5-3-11(17)4-6-12/h3-8,18H,9H2,1-2H3,(H,19,21). The molecule has 7 nitrogen and oxygen atoms in total. The van der Waals surface area contributed by atoms with E-state index >= 15 is 0 Å². The number of amides is 1. The third-order valence-corrected chi connectivity index (χ3v) is 3.55. The van der Waals surface area contributed by atoms with Crippen molar-refractivity contribution in [2.75, 3.05) is 24.3 Å². The number of halogens is 1. The number of nitrogens with zero attached hydrogens (tertiary/aromatic N) is 1. The van der Waals surface area contributed by atoms with Crippen LogP contribution >= 0.6 is 11.6 Å². The normalized spacial score (nSPS) is 10.1. The molecule has 2 N–H and O–H groups in total. The summed E-state index contributed by atoms with van der Waals surface area (Å²) >= 11 is 5.80. The van der Waals surface area contributed by atoms with Crippen molar-refractivity contribution in [1.82, 2.24) is 0 Å². The summed E-state index contributed by atoms with van der Waals surface area (Å²) in [6, 6.07) is 9.75. The maximum atomic E-state index is 12.0. The van der Waals surface area contributed by atoms with Crippen LogP contribution in [0.1, 0.15) is 5.56 Å². The molecular formula is C16H16ClN3O4. The lowest BCUT2D eigenvalue weighted by Gasteiger charge is -2.12. The van der Waals surface area contributed by atoms with Crippen molar-refractivity contribution in [3.63, 3.8) is 0 Å². The van der Waals surface area contributed by atoms with Gasteiger partial charge in [-0.2, -0.15) is 0 Å². The summed E-state index contributed by atoms with van der Waals surface area (Å²) in [5.74, 6) is -0.199. The zero-order valence-corrected chi connectivity index (χ0v) is 13.9. The molecule has 1 amide bonds. The first kappa shape index (κ1) is 17.6. The molecule has 2 aromatic rings. The molecule has 0 saturated heterocycles. The Bertz CT molecular complexity index is 763. The van der Waals surface area contributed by atoms with Gasteiger partial charge >= 0.3 is 5.69 Å². The zero-order valence-electron chi connectivity index (χ0n) is 13.1. The van der Waals surface area contributed by atoms with Crippen molar-refractivity contribution >= 4 is 34.6 Å². The van der Waals surface area contributed by atoms with E-state index in [1.807, 2.05) is 0 Å². The number of rotatable bonds is 6. The fraction of sp³-hybridized carbons (Fsp3) is 0.188. The molecule has 0 bridgehead atoms. The second-order valence-corrected chi connectivity index (χ2v) is 5.44. The number of carbonyl (C=O) groups is 1. The Hall–Kier alpha value is -2.80. The number of anilines is 2. The van der Waals surface area contributed by atoms with E-state index in [9.17, 15) is 14.9 Å². The van der Waals surface area contributed by atoms with Crippen molar-refractivity contribution in [3.8, 4) is 5.75 Å². The van der Waals surface area contributed by atoms with Crippen LogP contribution in [-0.4, -0.2) is 24.5 Å². The number of nitrogens with one attached hydrogen (secondary N) is 2. The number of nitro groups is 1. The number of benzene rings is 2. The van der Waals surface area contributed by atoms with E-state index < -0.39 is 4.92 Å². The summed E-state index contributed by atoms with van der Waals surface area (Å²) in [4.78, 5) is 22.5. The molecule has 0 atom stereocenters. The first-order valence-corrected chi connectivity index (χ1v) is 7.41. The predicted molar refractivity (Wildman–Crippen MR) is 93.0 cm³/mol. The van der Waals surface area contributed by atoms with E-state index in [0.29, 0.717) is 16.3 Å². The van der Waals surface area contributed by atoms with Gasteiger partial charge in [0.25, 0.3) is 0 Å². The number of hydrogen-bond acceptors (Lipinski definition) is 5. The summed E-state index contributed by atoms with van der Waals surface area (Å²) in [6.45, 7) is 1.72. The van der Waals surface area contributed by atoms with Crippen LogP contribution in [-0.2, 0) is 4.79 Å². The van der Waals surface area contributed by atoms with E-state index in [2.05, 4.69) is 10.6 Å². The summed E-state index contributed by atoms with van der Waals surface area (Å²) in [5.41, 5.74) is 1.64. The lowest BCUT2D eigenvalue weighted by molar-refractivity contribution is -0.385. The topological polar surface area (TPSA) is 93.5 Å². The minimum atomic E-state index is -0.528. The highest BCUT2D eigenvalue weighted by molar-refractivity contribution is 6.30. The number of carbonyl (C=O) groups excluding carboxylic acids is 1. The molecule has 0 aromatic heterocycles. The molecule has 0 fully saturated rings. The van der Waals surface area contributed by atoms with Crippen LogP contribution in [0.15, 0.2) is 36.4 Å². The van der Waals surface area contributed by atoms with E-state index in [1.165, 1.54) is 19.2 Å². The Kier molecular flexibility index (Phi) is 5.59. The summed E-state index contributed by atoms with van der Waals surface area (Å²) in [5, 5.41) is 17.2. The Morgan fingerprint density at radius 2 is 1.96 bits per heavy atom. The number of ether oxygens (including phenoxy) is 1. The van der Waals surface area contributed by atoms with E-state index in [0.717, 1.165) is 5.69 Å². The first-order valence-electron chi connectivity index (χ1n) is 7.03. The highest BCUT2D eigenvalue weighted by atomic mass is 35.5. The molecule has 2 aromatic carbocycles. The average molecular weight is 350 g/mol. The molecule has 0 unspecified atom stereocenters. The molecule has 0 aliphatic heterocycles.